The normalized spacial score (nSPS) is 14.9. The molecule has 1 saturated heterocycles. The summed E-state index contributed by atoms with van der Waals surface area (Å²) >= 11 is 0. The van der Waals surface area contributed by atoms with E-state index in [4.69, 9.17) is 18.5 Å². The fraction of sp³-hybridized carbons (Fsp3) is 0.407. The summed E-state index contributed by atoms with van der Waals surface area (Å²) in [5.74, 6) is 3.44. The lowest BCUT2D eigenvalue weighted by atomic mass is 9.79. The Morgan fingerprint density at radius 3 is 2.58 bits per heavy atom. The van der Waals surface area contributed by atoms with Gasteiger partial charge in [0.1, 0.15) is 0 Å². The largest absolute Gasteiger partial charge is 0.493 e. The van der Waals surface area contributed by atoms with Crippen LogP contribution in [-0.2, 0) is 16.6 Å². The van der Waals surface area contributed by atoms with E-state index in [0.29, 0.717) is 67.3 Å². The Kier molecular flexibility index (Phi) is 7.34. The summed E-state index contributed by atoms with van der Waals surface area (Å²) in [6.45, 7) is 3.42. The summed E-state index contributed by atoms with van der Waals surface area (Å²) in [5.41, 5.74) is 1.31. The summed E-state index contributed by atoms with van der Waals surface area (Å²) in [6, 6.07) is 9.16. The number of nitrogens with zero attached hydrogens (tertiary/aromatic N) is 6. The Morgan fingerprint density at radius 1 is 1.03 bits per heavy atom. The predicted molar refractivity (Wildman–Crippen MR) is 136 cm³/mol. The average molecular weight is 519 g/mol. The molecule has 1 aromatic carbocycles. The van der Waals surface area contributed by atoms with Crippen LogP contribution < -0.4 is 9.47 Å². The molecule has 198 valence electrons. The first-order chi connectivity index (χ1) is 18.5. The molecule has 0 radical (unpaired) electrons. The van der Waals surface area contributed by atoms with E-state index >= 15 is 0 Å². The smallest absolute Gasteiger partial charge is 0.259 e. The predicted octanol–water partition coefficient (Wildman–Crippen LogP) is 4.10. The van der Waals surface area contributed by atoms with E-state index in [9.17, 15) is 4.79 Å². The van der Waals surface area contributed by atoms with Crippen molar-refractivity contribution in [3.05, 3.63) is 54.4 Å². The minimum atomic E-state index is -0.245. The fourth-order valence-corrected chi connectivity index (χ4v) is 4.55. The van der Waals surface area contributed by atoms with Gasteiger partial charge in [-0.1, -0.05) is 17.2 Å². The quantitative estimate of drug-likeness (QED) is 0.319. The highest BCUT2D eigenvalue weighted by Crippen LogP contribution is 2.35. The monoisotopic (exact) mass is 518 g/mol. The van der Waals surface area contributed by atoms with Crippen LogP contribution in [0.1, 0.15) is 44.3 Å². The van der Waals surface area contributed by atoms with E-state index in [0.717, 1.165) is 24.0 Å². The van der Waals surface area contributed by atoms with Crippen molar-refractivity contribution in [2.45, 2.75) is 44.4 Å². The molecule has 5 rings (SSSR count). The lowest BCUT2D eigenvalue weighted by molar-refractivity contribution is -0.132. The van der Waals surface area contributed by atoms with E-state index in [2.05, 4.69) is 32.2 Å². The van der Waals surface area contributed by atoms with Gasteiger partial charge in [-0.3, -0.25) is 9.78 Å². The van der Waals surface area contributed by atoms with Crippen molar-refractivity contribution in [1.82, 2.24) is 30.2 Å². The Hall–Kier alpha value is -4.28. The zero-order valence-electron chi connectivity index (χ0n) is 21.7. The number of aryl methyl sites for hydroxylation is 1. The first-order valence-electron chi connectivity index (χ1n) is 12.6. The molecule has 0 bridgehead atoms. The maximum absolute atomic E-state index is 12.9. The number of amides is 1. The van der Waals surface area contributed by atoms with Crippen LogP contribution >= 0.6 is 0 Å². The van der Waals surface area contributed by atoms with Crippen molar-refractivity contribution in [2.75, 3.05) is 27.3 Å². The molecular weight excluding hydrogens is 488 g/mol. The molecule has 1 aliphatic heterocycles. The molecule has 4 aromatic rings. The number of likely N-dealkylation sites (tertiary alicyclic amines) is 1. The third kappa shape index (κ3) is 5.36. The van der Waals surface area contributed by atoms with E-state index in [1.807, 2.05) is 23.1 Å². The molecule has 11 nitrogen and oxygen atoms in total. The molecule has 0 aliphatic carbocycles. The van der Waals surface area contributed by atoms with Gasteiger partial charge in [-0.15, -0.1) is 0 Å². The molecule has 0 atom stereocenters. The number of rotatable bonds is 9. The molecule has 1 aliphatic rings. The Balaban J connectivity index is 1.11. The molecule has 0 spiro atoms. The Morgan fingerprint density at radius 2 is 1.84 bits per heavy atom. The number of aromatic nitrogens is 5. The van der Waals surface area contributed by atoms with E-state index in [1.165, 1.54) is 0 Å². The van der Waals surface area contributed by atoms with Crippen LogP contribution in [0.15, 0.2) is 51.8 Å². The van der Waals surface area contributed by atoms with E-state index in [-0.39, 0.29) is 11.3 Å². The molecule has 38 heavy (non-hydrogen) atoms. The van der Waals surface area contributed by atoms with Gasteiger partial charge in [0, 0.05) is 49.3 Å². The second-order valence-electron chi connectivity index (χ2n) is 9.54. The number of pyridine rings is 1. The van der Waals surface area contributed by atoms with Crippen LogP contribution in [0.2, 0.25) is 0 Å². The number of carbonyl (C=O) groups is 1. The Labute approximate surface area is 220 Å². The number of hydrogen-bond donors (Lipinski definition) is 0. The van der Waals surface area contributed by atoms with Crippen molar-refractivity contribution in [3.63, 3.8) is 0 Å². The molecule has 0 N–H and O–H groups in total. The van der Waals surface area contributed by atoms with Gasteiger partial charge < -0.3 is 23.4 Å². The molecule has 0 unspecified atom stereocenters. The summed E-state index contributed by atoms with van der Waals surface area (Å²) < 4.78 is 21.5. The zero-order valence-corrected chi connectivity index (χ0v) is 21.7. The van der Waals surface area contributed by atoms with Gasteiger partial charge in [-0.25, -0.2) is 0 Å². The summed E-state index contributed by atoms with van der Waals surface area (Å²) in [7, 11) is 3.16. The van der Waals surface area contributed by atoms with Crippen LogP contribution in [0.3, 0.4) is 0 Å². The van der Waals surface area contributed by atoms with Crippen molar-refractivity contribution in [1.29, 1.82) is 0 Å². The van der Waals surface area contributed by atoms with Crippen molar-refractivity contribution >= 4 is 5.91 Å². The second-order valence-corrected chi connectivity index (χ2v) is 9.54. The molecule has 1 amide bonds. The van der Waals surface area contributed by atoms with Crippen molar-refractivity contribution < 1.29 is 23.3 Å². The van der Waals surface area contributed by atoms with Crippen LogP contribution in [0.5, 0.6) is 11.5 Å². The highest BCUT2D eigenvalue weighted by Gasteiger charge is 2.37. The molecule has 11 heteroatoms. The number of benzene rings is 1. The van der Waals surface area contributed by atoms with Crippen LogP contribution in [0.4, 0.5) is 0 Å². The maximum Gasteiger partial charge on any atom is 0.259 e. The van der Waals surface area contributed by atoms with Crippen molar-refractivity contribution in [3.8, 4) is 34.3 Å². The SMILES string of the molecule is COc1ccc(-c2noc(CCCC(=O)N3CCC(C)(c4noc(-c5cccnc5)n4)CC3)n2)cc1OC. The average Bonchev–Trinajstić information content (AvgIpc) is 3.64. The van der Waals surface area contributed by atoms with E-state index in [1.54, 1.807) is 38.7 Å². The third-order valence-electron chi connectivity index (χ3n) is 6.99. The Bertz CT molecular complexity index is 1380. The topological polar surface area (TPSA) is 130 Å². The second kappa shape index (κ2) is 11.0. The van der Waals surface area contributed by atoms with Crippen LogP contribution in [0, 0.1) is 0 Å². The third-order valence-corrected chi connectivity index (χ3v) is 6.99. The highest BCUT2D eigenvalue weighted by molar-refractivity contribution is 5.76. The first kappa shape index (κ1) is 25.4. The summed E-state index contributed by atoms with van der Waals surface area (Å²) in [4.78, 5) is 28.0. The number of hydrogen-bond acceptors (Lipinski definition) is 10. The first-order valence-corrected chi connectivity index (χ1v) is 12.6. The minimum Gasteiger partial charge on any atom is -0.493 e. The number of methoxy groups -OCH3 is 2. The lowest BCUT2D eigenvalue weighted by Gasteiger charge is -2.37. The van der Waals surface area contributed by atoms with E-state index < -0.39 is 0 Å². The molecule has 3 aromatic heterocycles. The summed E-state index contributed by atoms with van der Waals surface area (Å²) in [6.07, 6.45) is 6.50. The van der Waals surface area contributed by atoms with Crippen LogP contribution in [0.25, 0.3) is 22.8 Å². The van der Waals surface area contributed by atoms with Gasteiger partial charge in [0.05, 0.1) is 19.8 Å². The highest BCUT2D eigenvalue weighted by atomic mass is 16.5. The minimum absolute atomic E-state index is 0.121. The summed E-state index contributed by atoms with van der Waals surface area (Å²) in [5, 5.41) is 8.30. The van der Waals surface area contributed by atoms with Crippen LogP contribution in [-0.4, -0.2) is 63.4 Å². The van der Waals surface area contributed by atoms with Gasteiger partial charge in [-0.05, 0) is 49.6 Å². The fourth-order valence-electron chi connectivity index (χ4n) is 4.55. The number of piperidine rings is 1. The van der Waals surface area contributed by atoms with Gasteiger partial charge in [0.2, 0.25) is 17.6 Å². The van der Waals surface area contributed by atoms with Gasteiger partial charge >= 0.3 is 0 Å². The molecular formula is C27H30N6O5. The molecule has 0 saturated carbocycles. The maximum atomic E-state index is 12.9. The number of carbonyl (C=O) groups excluding carboxylic acids is 1. The van der Waals surface area contributed by atoms with Gasteiger partial charge in [0.25, 0.3) is 5.89 Å². The molecule has 1 fully saturated rings. The van der Waals surface area contributed by atoms with Gasteiger partial charge in [0.15, 0.2) is 17.3 Å². The van der Waals surface area contributed by atoms with Gasteiger partial charge in [-0.2, -0.15) is 9.97 Å². The standard InChI is InChI=1S/C27H30N6O5/c1-27(26-30-25(38-32-26)19-6-5-13-28-17-19)11-14-33(15-12-27)23(34)8-4-7-22-29-24(31-37-22)18-9-10-20(35-2)21(16-18)36-3/h5-6,9-10,13,16-17H,4,7-8,11-12,14-15H2,1-3H3. The number of ether oxygens (including phenoxy) is 2. The lowest BCUT2D eigenvalue weighted by Crippen LogP contribution is -2.44. The zero-order chi connectivity index (χ0) is 26.5. The molecule has 4 heterocycles. The van der Waals surface area contributed by atoms with Crippen molar-refractivity contribution in [2.24, 2.45) is 0 Å².